The van der Waals surface area contributed by atoms with E-state index in [4.69, 9.17) is 9.73 Å². The third-order valence-electron chi connectivity index (χ3n) is 5.69. The lowest BCUT2D eigenvalue weighted by molar-refractivity contribution is -0.113. The maximum absolute atomic E-state index is 13.7. The predicted molar refractivity (Wildman–Crippen MR) is 138 cm³/mol. The van der Waals surface area contributed by atoms with Crippen molar-refractivity contribution in [3.63, 3.8) is 0 Å². The molecule has 8 heteroatoms. The first kappa shape index (κ1) is 22.6. The van der Waals surface area contributed by atoms with Crippen molar-refractivity contribution in [2.24, 2.45) is 4.99 Å². The standard InChI is InChI=1S/C26H22FN3O2S2/c1-16(17-7-5-4-6-8-17)28-26-30(19-11-9-18(27)10-12-19)24(31)23(34-26)25-29(2)21-15-20(32-3)13-14-22(21)33-25/h4-16H,1-3H3/b25-23-,28-26?/t16-/m1/s1. The van der Waals surface area contributed by atoms with Crippen LogP contribution in [0.1, 0.15) is 18.5 Å². The molecule has 34 heavy (non-hydrogen) atoms. The van der Waals surface area contributed by atoms with Crippen LogP contribution in [0, 0.1) is 5.82 Å². The number of benzene rings is 3. The minimum absolute atomic E-state index is 0.154. The number of carbonyl (C=O) groups is 1. The minimum Gasteiger partial charge on any atom is -0.497 e. The van der Waals surface area contributed by atoms with Gasteiger partial charge in [0.25, 0.3) is 5.91 Å². The molecule has 2 aliphatic rings. The molecule has 0 N–H and O–H groups in total. The number of fused-ring (bicyclic) bond motifs is 1. The molecule has 1 saturated heterocycles. The van der Waals surface area contributed by atoms with E-state index in [0.717, 1.165) is 26.9 Å². The third kappa shape index (κ3) is 4.08. The zero-order chi connectivity index (χ0) is 23.8. The molecule has 2 aliphatic heterocycles. The summed E-state index contributed by atoms with van der Waals surface area (Å²) in [5.74, 6) is 0.229. The summed E-state index contributed by atoms with van der Waals surface area (Å²) in [6, 6.07) is 21.6. The zero-order valence-electron chi connectivity index (χ0n) is 18.9. The Kier molecular flexibility index (Phi) is 6.10. The first-order valence-corrected chi connectivity index (χ1v) is 12.3. The van der Waals surface area contributed by atoms with E-state index in [0.29, 0.717) is 15.8 Å². The molecule has 0 unspecified atom stereocenters. The van der Waals surface area contributed by atoms with Gasteiger partial charge in [0.05, 0.1) is 29.6 Å². The fourth-order valence-electron chi connectivity index (χ4n) is 3.83. The van der Waals surface area contributed by atoms with Gasteiger partial charge in [-0.15, -0.1) is 0 Å². The highest BCUT2D eigenvalue weighted by molar-refractivity contribution is 8.20. The van der Waals surface area contributed by atoms with Gasteiger partial charge in [-0.3, -0.25) is 14.7 Å². The van der Waals surface area contributed by atoms with Crippen LogP contribution in [-0.4, -0.2) is 25.2 Å². The molecule has 1 fully saturated rings. The van der Waals surface area contributed by atoms with Gasteiger partial charge in [0.1, 0.15) is 16.5 Å². The second-order valence-corrected chi connectivity index (χ2v) is 9.85. The molecule has 0 aliphatic carbocycles. The van der Waals surface area contributed by atoms with Gasteiger partial charge in [0, 0.05) is 18.0 Å². The minimum atomic E-state index is -0.353. The summed E-state index contributed by atoms with van der Waals surface area (Å²) in [4.78, 5) is 23.9. The number of ether oxygens (including phenoxy) is 1. The molecule has 0 spiro atoms. The second-order valence-electron chi connectivity index (χ2n) is 7.85. The summed E-state index contributed by atoms with van der Waals surface area (Å²) >= 11 is 2.90. The number of anilines is 2. The lowest BCUT2D eigenvalue weighted by atomic mass is 10.1. The first-order valence-electron chi connectivity index (χ1n) is 10.7. The zero-order valence-corrected chi connectivity index (χ0v) is 20.5. The molecule has 0 radical (unpaired) electrons. The second kappa shape index (κ2) is 9.19. The number of amides is 1. The maximum Gasteiger partial charge on any atom is 0.274 e. The van der Waals surface area contributed by atoms with Crippen molar-refractivity contribution in [3.05, 3.63) is 94.1 Å². The molecule has 1 amide bonds. The summed E-state index contributed by atoms with van der Waals surface area (Å²) in [6.07, 6.45) is 0. The van der Waals surface area contributed by atoms with Gasteiger partial charge in [-0.1, -0.05) is 42.1 Å². The number of carbonyl (C=O) groups excluding carboxylic acids is 1. The largest absolute Gasteiger partial charge is 0.497 e. The van der Waals surface area contributed by atoms with Gasteiger partial charge in [-0.25, -0.2) is 4.39 Å². The van der Waals surface area contributed by atoms with Gasteiger partial charge < -0.3 is 9.64 Å². The Morgan fingerprint density at radius 2 is 1.74 bits per heavy atom. The van der Waals surface area contributed by atoms with E-state index in [1.807, 2.05) is 67.4 Å². The van der Waals surface area contributed by atoms with Crippen LogP contribution in [0.25, 0.3) is 0 Å². The Morgan fingerprint density at radius 1 is 1.00 bits per heavy atom. The van der Waals surface area contributed by atoms with Crippen LogP contribution in [0.15, 0.2) is 92.6 Å². The molecule has 0 bridgehead atoms. The average molecular weight is 492 g/mol. The number of hydrogen-bond donors (Lipinski definition) is 0. The van der Waals surface area contributed by atoms with Gasteiger partial charge in [-0.05, 0) is 60.6 Å². The van der Waals surface area contributed by atoms with E-state index in [2.05, 4.69) is 0 Å². The average Bonchev–Trinajstić information content (AvgIpc) is 3.35. The van der Waals surface area contributed by atoms with Crippen LogP contribution in [-0.2, 0) is 4.79 Å². The van der Waals surface area contributed by atoms with Crippen molar-refractivity contribution in [3.8, 4) is 5.75 Å². The van der Waals surface area contributed by atoms with Crippen molar-refractivity contribution in [2.75, 3.05) is 24.0 Å². The Bertz CT molecular complexity index is 1310. The highest BCUT2D eigenvalue weighted by Crippen LogP contribution is 2.51. The smallest absolute Gasteiger partial charge is 0.274 e. The molecule has 172 valence electrons. The maximum atomic E-state index is 13.7. The molecular weight excluding hydrogens is 469 g/mol. The number of nitrogens with zero attached hydrogens (tertiary/aromatic N) is 3. The monoisotopic (exact) mass is 491 g/mol. The molecule has 0 saturated carbocycles. The predicted octanol–water partition coefficient (Wildman–Crippen LogP) is 6.44. The van der Waals surface area contributed by atoms with Crippen LogP contribution in [0.2, 0.25) is 0 Å². The quantitative estimate of drug-likeness (QED) is 0.393. The highest BCUT2D eigenvalue weighted by Gasteiger charge is 2.40. The number of aliphatic imine (C=N–C) groups is 1. The van der Waals surface area contributed by atoms with Crippen LogP contribution in [0.3, 0.4) is 0 Å². The number of rotatable bonds is 4. The molecule has 3 aromatic carbocycles. The molecule has 1 atom stereocenters. The normalized spacial score (nSPS) is 19.6. The van der Waals surface area contributed by atoms with Crippen LogP contribution < -0.4 is 14.5 Å². The van der Waals surface area contributed by atoms with E-state index in [9.17, 15) is 9.18 Å². The Labute approximate surface area is 206 Å². The van der Waals surface area contributed by atoms with E-state index >= 15 is 0 Å². The topological polar surface area (TPSA) is 45.1 Å². The van der Waals surface area contributed by atoms with Crippen molar-refractivity contribution < 1.29 is 13.9 Å². The first-order chi connectivity index (χ1) is 16.5. The molecule has 5 nitrogen and oxygen atoms in total. The lowest BCUT2D eigenvalue weighted by Gasteiger charge is -2.18. The summed E-state index contributed by atoms with van der Waals surface area (Å²) in [5, 5.41) is 1.40. The fraction of sp³-hybridized carbons (Fsp3) is 0.154. The number of halogens is 1. The molecule has 3 aromatic rings. The summed E-state index contributed by atoms with van der Waals surface area (Å²) in [7, 11) is 3.58. The fourth-order valence-corrected chi connectivity index (χ4v) is 6.22. The van der Waals surface area contributed by atoms with Crippen molar-refractivity contribution in [2.45, 2.75) is 17.9 Å². The van der Waals surface area contributed by atoms with Crippen molar-refractivity contribution >= 4 is 46.0 Å². The molecule has 5 rings (SSSR count). The van der Waals surface area contributed by atoms with Crippen LogP contribution >= 0.6 is 23.5 Å². The molecule has 0 aromatic heterocycles. The van der Waals surface area contributed by atoms with Crippen LogP contribution in [0.5, 0.6) is 5.75 Å². The van der Waals surface area contributed by atoms with Crippen molar-refractivity contribution in [1.82, 2.24) is 0 Å². The third-order valence-corrected chi connectivity index (χ3v) is 8.09. The Hall–Kier alpha value is -3.23. The van der Waals surface area contributed by atoms with Gasteiger partial charge in [-0.2, -0.15) is 0 Å². The summed E-state index contributed by atoms with van der Waals surface area (Å²) in [6.45, 7) is 2.00. The van der Waals surface area contributed by atoms with Gasteiger partial charge in [0.2, 0.25) is 0 Å². The summed E-state index contributed by atoms with van der Waals surface area (Å²) in [5.41, 5.74) is 2.62. The van der Waals surface area contributed by atoms with E-state index < -0.39 is 0 Å². The summed E-state index contributed by atoms with van der Waals surface area (Å²) < 4.78 is 19.0. The molecular formula is C26H22FN3O2S2. The highest BCUT2D eigenvalue weighted by atomic mass is 32.2. The van der Waals surface area contributed by atoms with Crippen LogP contribution in [0.4, 0.5) is 15.8 Å². The Morgan fingerprint density at radius 3 is 2.44 bits per heavy atom. The number of methoxy groups -OCH3 is 1. The number of thioether (sulfide) groups is 2. The van der Waals surface area contributed by atoms with Gasteiger partial charge >= 0.3 is 0 Å². The molecule has 2 heterocycles. The number of hydrogen-bond acceptors (Lipinski definition) is 6. The van der Waals surface area contributed by atoms with E-state index in [1.165, 1.54) is 23.9 Å². The van der Waals surface area contributed by atoms with Crippen molar-refractivity contribution in [1.29, 1.82) is 0 Å². The van der Waals surface area contributed by atoms with E-state index in [1.54, 1.807) is 35.9 Å². The SMILES string of the molecule is COc1ccc2c(c1)N(C)/C(=C1/SC(=N[C@H](C)c3ccccc3)N(c3ccc(F)cc3)C1=O)S2. The lowest BCUT2D eigenvalue weighted by Crippen LogP contribution is -2.29. The Balaban J connectivity index is 1.57. The van der Waals surface area contributed by atoms with E-state index in [-0.39, 0.29) is 17.8 Å². The number of amidine groups is 1. The van der Waals surface area contributed by atoms with Gasteiger partial charge in [0.15, 0.2) is 5.17 Å².